The number of rotatable bonds is 6. The van der Waals surface area contributed by atoms with Crippen LogP contribution in [-0.2, 0) is 22.3 Å². The van der Waals surface area contributed by atoms with Crippen molar-refractivity contribution >= 4 is 33.0 Å². The van der Waals surface area contributed by atoms with Gasteiger partial charge in [0.25, 0.3) is 0 Å². The van der Waals surface area contributed by atoms with E-state index in [0.29, 0.717) is 5.02 Å². The Kier molecular flexibility index (Phi) is 5.54. The van der Waals surface area contributed by atoms with Crippen LogP contribution in [0.4, 0.5) is 0 Å². The summed E-state index contributed by atoms with van der Waals surface area (Å²) >= 11 is 7.67. The standard InChI is InChI=1S/C18H17ClN2O2S2/c1-13-17(24-18(21-13)15-9-5-6-10-16(15)19)11-20-25(22,23)12-14-7-3-2-4-8-14/h2-10,20H,11-12H2,1H3. The fraction of sp³-hybridized carbons (Fsp3) is 0.167. The summed E-state index contributed by atoms with van der Waals surface area (Å²) in [7, 11) is -3.41. The van der Waals surface area contributed by atoms with E-state index < -0.39 is 10.0 Å². The third-order valence-electron chi connectivity index (χ3n) is 3.65. The van der Waals surface area contributed by atoms with Crippen molar-refractivity contribution < 1.29 is 8.42 Å². The average Bonchev–Trinajstić information content (AvgIpc) is 2.95. The SMILES string of the molecule is Cc1nc(-c2ccccc2Cl)sc1CNS(=O)(=O)Cc1ccccc1. The van der Waals surface area contributed by atoms with Gasteiger partial charge in [-0.25, -0.2) is 18.1 Å². The van der Waals surface area contributed by atoms with Gasteiger partial charge < -0.3 is 0 Å². The second kappa shape index (κ2) is 7.66. The molecule has 0 unspecified atom stereocenters. The van der Waals surface area contributed by atoms with Crippen LogP contribution in [0.2, 0.25) is 5.02 Å². The number of halogens is 1. The number of thiazole rings is 1. The van der Waals surface area contributed by atoms with Crippen molar-refractivity contribution in [3.05, 3.63) is 75.8 Å². The van der Waals surface area contributed by atoms with Crippen molar-refractivity contribution in [3.8, 4) is 10.6 Å². The predicted molar refractivity (Wildman–Crippen MR) is 103 cm³/mol. The summed E-state index contributed by atoms with van der Waals surface area (Å²) in [6.07, 6.45) is 0. The molecule has 0 saturated carbocycles. The Hall–Kier alpha value is -1.73. The van der Waals surface area contributed by atoms with Crippen LogP contribution in [0, 0.1) is 6.92 Å². The van der Waals surface area contributed by atoms with Gasteiger partial charge in [-0.05, 0) is 18.6 Å². The Morgan fingerprint density at radius 1 is 1.08 bits per heavy atom. The first-order valence-electron chi connectivity index (χ1n) is 7.67. The quantitative estimate of drug-likeness (QED) is 0.676. The minimum absolute atomic E-state index is 0.0386. The molecule has 1 heterocycles. The van der Waals surface area contributed by atoms with Crippen molar-refractivity contribution in [1.29, 1.82) is 0 Å². The van der Waals surface area contributed by atoms with Crippen LogP contribution < -0.4 is 4.72 Å². The minimum atomic E-state index is -3.41. The molecule has 3 rings (SSSR count). The molecule has 0 fully saturated rings. The van der Waals surface area contributed by atoms with Crippen molar-refractivity contribution in [1.82, 2.24) is 9.71 Å². The highest BCUT2D eigenvalue weighted by Crippen LogP contribution is 2.32. The molecule has 4 nitrogen and oxygen atoms in total. The fourth-order valence-corrected chi connectivity index (χ4v) is 4.87. The highest BCUT2D eigenvalue weighted by molar-refractivity contribution is 7.88. The first kappa shape index (κ1) is 18.1. The molecule has 1 N–H and O–H groups in total. The van der Waals surface area contributed by atoms with E-state index in [2.05, 4.69) is 9.71 Å². The molecule has 0 bridgehead atoms. The molecule has 7 heteroatoms. The zero-order chi connectivity index (χ0) is 17.9. The Morgan fingerprint density at radius 3 is 2.48 bits per heavy atom. The molecule has 0 aliphatic rings. The van der Waals surface area contributed by atoms with Gasteiger partial charge in [-0.3, -0.25) is 0 Å². The van der Waals surface area contributed by atoms with Crippen LogP contribution in [0.1, 0.15) is 16.1 Å². The van der Waals surface area contributed by atoms with Gasteiger partial charge >= 0.3 is 0 Å². The lowest BCUT2D eigenvalue weighted by molar-refractivity contribution is 0.581. The molecule has 0 amide bonds. The van der Waals surface area contributed by atoms with Crippen LogP contribution in [0.5, 0.6) is 0 Å². The lowest BCUT2D eigenvalue weighted by Crippen LogP contribution is -2.24. The van der Waals surface area contributed by atoms with Gasteiger partial charge in [-0.2, -0.15) is 0 Å². The molecule has 0 atom stereocenters. The van der Waals surface area contributed by atoms with Crippen LogP contribution in [-0.4, -0.2) is 13.4 Å². The van der Waals surface area contributed by atoms with Gasteiger partial charge in [0, 0.05) is 17.0 Å². The molecule has 1 aromatic heterocycles. The summed E-state index contributed by atoms with van der Waals surface area (Å²) in [6, 6.07) is 16.6. The van der Waals surface area contributed by atoms with E-state index in [0.717, 1.165) is 26.7 Å². The van der Waals surface area contributed by atoms with Gasteiger partial charge in [0.1, 0.15) is 5.01 Å². The second-order valence-electron chi connectivity index (χ2n) is 5.57. The Bertz CT molecular complexity index is 970. The van der Waals surface area contributed by atoms with Gasteiger partial charge in [-0.15, -0.1) is 11.3 Å². The molecule has 0 saturated heterocycles. The van der Waals surface area contributed by atoms with E-state index in [9.17, 15) is 8.42 Å². The van der Waals surface area contributed by atoms with E-state index in [1.54, 1.807) is 12.1 Å². The van der Waals surface area contributed by atoms with Crippen molar-refractivity contribution in [2.75, 3.05) is 0 Å². The van der Waals surface area contributed by atoms with Crippen LogP contribution in [0.3, 0.4) is 0 Å². The van der Waals surface area contributed by atoms with Gasteiger partial charge in [0.15, 0.2) is 0 Å². The topological polar surface area (TPSA) is 59.1 Å². The lowest BCUT2D eigenvalue weighted by Gasteiger charge is -2.06. The number of hydrogen-bond acceptors (Lipinski definition) is 4. The van der Waals surface area contributed by atoms with Gasteiger partial charge in [0.05, 0.1) is 16.5 Å². The van der Waals surface area contributed by atoms with Crippen molar-refractivity contribution in [3.63, 3.8) is 0 Å². The fourth-order valence-electron chi connectivity index (χ4n) is 2.36. The average molecular weight is 393 g/mol. The Balaban J connectivity index is 1.73. The number of aromatic nitrogens is 1. The third-order valence-corrected chi connectivity index (χ3v) is 6.47. The van der Waals surface area contributed by atoms with Crippen molar-refractivity contribution in [2.45, 2.75) is 19.2 Å². The van der Waals surface area contributed by atoms with Gasteiger partial charge in [-0.1, -0.05) is 60.1 Å². The first-order valence-corrected chi connectivity index (χ1v) is 10.5. The molecule has 3 aromatic rings. The smallest absolute Gasteiger partial charge is 0.216 e. The lowest BCUT2D eigenvalue weighted by atomic mass is 10.2. The third kappa shape index (κ3) is 4.67. The number of hydrogen-bond donors (Lipinski definition) is 1. The van der Waals surface area contributed by atoms with E-state index in [1.165, 1.54) is 11.3 Å². The molecule has 2 aromatic carbocycles. The summed E-state index contributed by atoms with van der Waals surface area (Å²) < 4.78 is 27.2. The van der Waals surface area contributed by atoms with Gasteiger partial charge in [0.2, 0.25) is 10.0 Å². The molecule has 0 spiro atoms. The number of nitrogens with zero attached hydrogens (tertiary/aromatic N) is 1. The van der Waals surface area contributed by atoms with Crippen LogP contribution in [0.25, 0.3) is 10.6 Å². The summed E-state index contributed by atoms with van der Waals surface area (Å²) in [5, 5.41) is 1.42. The summed E-state index contributed by atoms with van der Waals surface area (Å²) in [5.74, 6) is -0.0386. The van der Waals surface area contributed by atoms with E-state index in [-0.39, 0.29) is 12.3 Å². The van der Waals surface area contributed by atoms with E-state index >= 15 is 0 Å². The molecule has 0 radical (unpaired) electrons. The normalized spacial score (nSPS) is 11.6. The largest absolute Gasteiger partial charge is 0.241 e. The molecule has 0 aliphatic carbocycles. The maximum absolute atomic E-state index is 12.3. The number of benzene rings is 2. The maximum Gasteiger partial charge on any atom is 0.216 e. The number of aryl methyl sites for hydroxylation is 1. The summed E-state index contributed by atoms with van der Waals surface area (Å²) in [4.78, 5) is 5.41. The molecule has 0 aliphatic heterocycles. The summed E-state index contributed by atoms with van der Waals surface area (Å²) in [5.41, 5.74) is 2.42. The zero-order valence-corrected chi connectivity index (χ0v) is 16.0. The monoisotopic (exact) mass is 392 g/mol. The number of nitrogens with one attached hydrogen (secondary N) is 1. The van der Waals surface area contributed by atoms with Crippen molar-refractivity contribution in [2.24, 2.45) is 0 Å². The molecular formula is C18H17ClN2O2S2. The Labute approximate surface area is 156 Å². The van der Waals surface area contributed by atoms with E-state index in [1.807, 2.05) is 49.4 Å². The zero-order valence-electron chi connectivity index (χ0n) is 13.6. The Morgan fingerprint density at radius 2 is 1.76 bits per heavy atom. The van der Waals surface area contributed by atoms with Crippen LogP contribution in [0.15, 0.2) is 54.6 Å². The minimum Gasteiger partial charge on any atom is -0.241 e. The number of sulfonamides is 1. The molecule has 25 heavy (non-hydrogen) atoms. The molecular weight excluding hydrogens is 376 g/mol. The predicted octanol–water partition coefficient (Wildman–Crippen LogP) is 4.39. The second-order valence-corrected chi connectivity index (χ2v) is 8.87. The maximum atomic E-state index is 12.3. The van der Waals surface area contributed by atoms with Crippen LogP contribution >= 0.6 is 22.9 Å². The van der Waals surface area contributed by atoms with E-state index in [4.69, 9.17) is 11.6 Å². The highest BCUT2D eigenvalue weighted by atomic mass is 35.5. The highest BCUT2D eigenvalue weighted by Gasteiger charge is 2.15. The summed E-state index contributed by atoms with van der Waals surface area (Å²) in [6.45, 7) is 2.10. The molecule has 130 valence electrons. The first-order chi connectivity index (χ1) is 11.9.